The molecule has 6 rings (SSSR count). The Morgan fingerprint density at radius 1 is 0.468 bits per heavy atom. The van der Waals surface area contributed by atoms with Crippen molar-refractivity contribution in [2.45, 2.75) is 20.8 Å². The lowest BCUT2D eigenvalue weighted by Crippen LogP contribution is -2.13. The van der Waals surface area contributed by atoms with Gasteiger partial charge in [-0.25, -0.2) is 14.4 Å². The highest BCUT2D eigenvalue weighted by molar-refractivity contribution is 6.11. The maximum Gasteiger partial charge on any atom is 0.343 e. The summed E-state index contributed by atoms with van der Waals surface area (Å²) in [6.45, 7) is 5.07. The van der Waals surface area contributed by atoms with Crippen LogP contribution < -0.4 is 14.2 Å². The summed E-state index contributed by atoms with van der Waals surface area (Å²) in [5.74, 6) is -2.79. The van der Waals surface area contributed by atoms with Crippen LogP contribution >= 0.6 is 0 Å². The summed E-state index contributed by atoms with van der Waals surface area (Å²) in [7, 11) is 0. The van der Waals surface area contributed by atoms with Crippen molar-refractivity contribution in [1.82, 2.24) is 0 Å². The minimum Gasteiger partial charge on any atom is -0.508 e. The Bertz CT molecular complexity index is 2250. The Balaban J connectivity index is 1.51. The largest absolute Gasteiger partial charge is 0.508 e. The zero-order valence-corrected chi connectivity index (χ0v) is 25.5. The molecule has 0 aliphatic heterocycles. The topological polar surface area (TPSA) is 140 Å². The van der Waals surface area contributed by atoms with Gasteiger partial charge in [0.05, 0.1) is 16.7 Å². The Hall–Kier alpha value is -6.35. The molecule has 0 aromatic heterocycles. The molecule has 0 bridgehead atoms. The third-order valence-corrected chi connectivity index (χ3v) is 7.84. The van der Waals surface area contributed by atoms with Gasteiger partial charge in [0.15, 0.2) is 11.5 Å². The molecule has 0 spiro atoms. The molecular formula is C38H28O9. The van der Waals surface area contributed by atoms with Crippen LogP contribution in [0, 0.1) is 20.8 Å². The number of esters is 3. The molecule has 0 radical (unpaired) electrons. The molecule has 6 aromatic rings. The number of carbonyl (C=O) groups excluding carboxylic acids is 3. The molecule has 0 atom stereocenters. The lowest BCUT2D eigenvalue weighted by Gasteiger charge is -2.17. The van der Waals surface area contributed by atoms with Crippen LogP contribution in [-0.2, 0) is 0 Å². The molecule has 0 unspecified atom stereocenters. The Morgan fingerprint density at radius 3 is 1.45 bits per heavy atom. The number of aryl methyl sites for hydroxylation is 3. The average Bonchev–Trinajstić information content (AvgIpc) is 3.05. The van der Waals surface area contributed by atoms with Gasteiger partial charge in [-0.05, 0) is 97.4 Å². The second-order valence-electron chi connectivity index (χ2n) is 11.1. The minimum absolute atomic E-state index is 0.0393. The monoisotopic (exact) mass is 628 g/mol. The normalized spacial score (nSPS) is 11.0. The smallest absolute Gasteiger partial charge is 0.343 e. The fraction of sp³-hybridized carbons (Fsp3) is 0.0789. The number of rotatable bonds is 6. The maximum absolute atomic E-state index is 13.5. The maximum atomic E-state index is 13.5. The zero-order valence-electron chi connectivity index (χ0n) is 25.5. The highest BCUT2D eigenvalue weighted by Gasteiger charge is 2.24. The van der Waals surface area contributed by atoms with Crippen LogP contribution in [-0.4, -0.2) is 33.2 Å². The van der Waals surface area contributed by atoms with E-state index in [1.807, 2.05) is 0 Å². The molecule has 0 aliphatic rings. The first-order valence-electron chi connectivity index (χ1n) is 14.5. The zero-order chi connectivity index (χ0) is 33.4. The quantitative estimate of drug-likeness (QED) is 0.0962. The number of benzene rings is 6. The summed E-state index contributed by atoms with van der Waals surface area (Å²) in [5.41, 5.74) is 1.93. The number of carbonyl (C=O) groups is 3. The summed E-state index contributed by atoms with van der Waals surface area (Å²) >= 11 is 0. The van der Waals surface area contributed by atoms with E-state index < -0.39 is 17.9 Å². The van der Waals surface area contributed by atoms with Crippen molar-refractivity contribution in [3.8, 4) is 34.5 Å². The van der Waals surface area contributed by atoms with Crippen molar-refractivity contribution in [1.29, 1.82) is 0 Å². The molecule has 0 saturated heterocycles. The molecule has 0 heterocycles. The van der Waals surface area contributed by atoms with Gasteiger partial charge in [-0.3, -0.25) is 0 Å². The summed E-state index contributed by atoms with van der Waals surface area (Å²) in [6.07, 6.45) is 0. The lowest BCUT2D eigenvalue weighted by atomic mass is 10.0. The van der Waals surface area contributed by atoms with Crippen LogP contribution in [0.4, 0.5) is 0 Å². The van der Waals surface area contributed by atoms with Crippen LogP contribution in [0.15, 0.2) is 97.1 Å². The molecule has 6 aromatic carbocycles. The van der Waals surface area contributed by atoms with Gasteiger partial charge in [0.1, 0.15) is 23.0 Å². The van der Waals surface area contributed by atoms with Gasteiger partial charge in [0, 0.05) is 16.2 Å². The van der Waals surface area contributed by atoms with E-state index in [2.05, 4.69) is 0 Å². The molecule has 0 fully saturated rings. The van der Waals surface area contributed by atoms with Crippen molar-refractivity contribution in [3.05, 3.63) is 130 Å². The number of ether oxygens (including phenoxy) is 3. The molecule has 0 amide bonds. The average molecular weight is 629 g/mol. The third kappa shape index (κ3) is 6.02. The van der Waals surface area contributed by atoms with Crippen molar-refractivity contribution in [2.24, 2.45) is 0 Å². The van der Waals surface area contributed by atoms with E-state index >= 15 is 0 Å². The SMILES string of the molecule is Cc1ccc(C(=O)Oc2ccc3c(OC(=O)c4ccc(C)c(O)c4)c4ccccc4cc3c2OC(=O)c2ccc(C)c(O)c2)cc1O. The molecular weight excluding hydrogens is 600 g/mol. The Kier molecular flexibility index (Phi) is 7.97. The second kappa shape index (κ2) is 12.2. The first-order chi connectivity index (χ1) is 22.5. The lowest BCUT2D eigenvalue weighted by molar-refractivity contribution is 0.0684. The molecule has 9 nitrogen and oxygen atoms in total. The predicted octanol–water partition coefficient (Wildman–Crippen LogP) is 7.69. The highest BCUT2D eigenvalue weighted by Crippen LogP contribution is 2.44. The van der Waals surface area contributed by atoms with Crippen LogP contribution in [0.2, 0.25) is 0 Å². The van der Waals surface area contributed by atoms with Gasteiger partial charge in [-0.2, -0.15) is 0 Å². The number of aromatic hydroxyl groups is 3. The van der Waals surface area contributed by atoms with Crippen molar-refractivity contribution >= 4 is 39.5 Å². The van der Waals surface area contributed by atoms with E-state index in [1.54, 1.807) is 75.4 Å². The van der Waals surface area contributed by atoms with E-state index in [9.17, 15) is 29.7 Å². The van der Waals surface area contributed by atoms with Gasteiger partial charge in [0.25, 0.3) is 0 Å². The summed E-state index contributed by atoms with van der Waals surface area (Å²) in [4.78, 5) is 40.1. The standard InChI is InChI=1S/C38H28O9/c1-20-8-11-24(17-30(20)39)36(42)45-33-15-14-28-29(35(33)47-38(44)26-13-10-22(3)32(41)19-26)16-23-6-4-5-7-27(23)34(28)46-37(43)25-12-9-21(2)31(40)18-25/h4-19,39-41H,1-3H3. The van der Waals surface area contributed by atoms with E-state index in [4.69, 9.17) is 14.2 Å². The van der Waals surface area contributed by atoms with Crippen LogP contribution in [0.1, 0.15) is 47.8 Å². The first kappa shape index (κ1) is 30.7. The van der Waals surface area contributed by atoms with E-state index in [1.165, 1.54) is 42.5 Å². The number of hydrogen-bond acceptors (Lipinski definition) is 9. The van der Waals surface area contributed by atoms with Gasteiger partial charge < -0.3 is 29.5 Å². The van der Waals surface area contributed by atoms with Crippen LogP contribution in [0.3, 0.4) is 0 Å². The minimum atomic E-state index is -0.847. The van der Waals surface area contributed by atoms with Gasteiger partial charge in [0.2, 0.25) is 0 Å². The Morgan fingerprint density at radius 2 is 0.936 bits per heavy atom. The van der Waals surface area contributed by atoms with Crippen LogP contribution in [0.5, 0.6) is 34.5 Å². The highest BCUT2D eigenvalue weighted by atomic mass is 16.6. The van der Waals surface area contributed by atoms with Crippen molar-refractivity contribution in [3.63, 3.8) is 0 Å². The van der Waals surface area contributed by atoms with Gasteiger partial charge in [-0.15, -0.1) is 0 Å². The number of hydrogen-bond donors (Lipinski definition) is 3. The predicted molar refractivity (Wildman–Crippen MR) is 175 cm³/mol. The van der Waals surface area contributed by atoms with Gasteiger partial charge in [-0.1, -0.05) is 42.5 Å². The summed E-state index contributed by atoms with van der Waals surface area (Å²) in [5, 5.41) is 32.4. The van der Waals surface area contributed by atoms with E-state index in [-0.39, 0.29) is 56.6 Å². The van der Waals surface area contributed by atoms with Crippen molar-refractivity contribution in [2.75, 3.05) is 0 Å². The van der Waals surface area contributed by atoms with Crippen LogP contribution in [0.25, 0.3) is 21.5 Å². The summed E-state index contributed by atoms with van der Waals surface area (Å²) in [6, 6.07) is 24.9. The molecule has 0 aliphatic carbocycles. The molecule has 3 N–H and O–H groups in total. The fourth-order valence-electron chi connectivity index (χ4n) is 5.02. The number of fused-ring (bicyclic) bond motifs is 2. The fourth-order valence-corrected chi connectivity index (χ4v) is 5.02. The molecule has 9 heteroatoms. The molecule has 234 valence electrons. The first-order valence-corrected chi connectivity index (χ1v) is 14.5. The van der Waals surface area contributed by atoms with E-state index in [0.717, 1.165) is 0 Å². The number of phenols is 3. The summed E-state index contributed by atoms with van der Waals surface area (Å²) < 4.78 is 17.6. The van der Waals surface area contributed by atoms with E-state index in [0.29, 0.717) is 32.8 Å². The Labute approximate surface area is 268 Å². The number of phenolic OH excluding ortho intramolecular Hbond substituents is 3. The third-order valence-electron chi connectivity index (χ3n) is 7.84. The molecule has 47 heavy (non-hydrogen) atoms. The van der Waals surface area contributed by atoms with Gasteiger partial charge >= 0.3 is 17.9 Å². The molecule has 0 saturated carbocycles. The van der Waals surface area contributed by atoms with Crippen molar-refractivity contribution < 1.29 is 43.9 Å². The second-order valence-corrected chi connectivity index (χ2v) is 11.1.